The summed E-state index contributed by atoms with van der Waals surface area (Å²) < 4.78 is 7.17. The third-order valence-corrected chi connectivity index (χ3v) is 4.31. The minimum absolute atomic E-state index is 0.340. The molecule has 1 aromatic carbocycles. The molecule has 0 fully saturated rings. The molecule has 0 atom stereocenters. The Labute approximate surface area is 159 Å². The zero-order chi connectivity index (χ0) is 19.1. The first-order chi connectivity index (χ1) is 13.1. The van der Waals surface area contributed by atoms with Crippen LogP contribution in [0.25, 0.3) is 11.8 Å². The van der Waals surface area contributed by atoms with Gasteiger partial charge >= 0.3 is 5.97 Å². The molecule has 0 saturated carbocycles. The Balaban J connectivity index is 1.56. The van der Waals surface area contributed by atoms with Crippen molar-refractivity contribution in [2.45, 2.75) is 26.7 Å². The van der Waals surface area contributed by atoms with Gasteiger partial charge in [0.15, 0.2) is 0 Å². The Morgan fingerprint density at radius 1 is 1.15 bits per heavy atom. The molecule has 0 bridgehead atoms. The van der Waals surface area contributed by atoms with Crippen molar-refractivity contribution in [3.8, 4) is 5.69 Å². The predicted octanol–water partition coefficient (Wildman–Crippen LogP) is 4.07. The molecular formula is C22H23N3O2. The van der Waals surface area contributed by atoms with E-state index in [0.717, 1.165) is 41.0 Å². The highest BCUT2D eigenvalue weighted by Gasteiger charge is 2.10. The maximum atomic E-state index is 12.0. The molecule has 0 unspecified atom stereocenters. The average molecular weight is 361 g/mol. The molecule has 138 valence electrons. The fourth-order valence-corrected chi connectivity index (χ4v) is 2.91. The van der Waals surface area contributed by atoms with E-state index in [0.29, 0.717) is 6.61 Å². The Bertz CT molecular complexity index is 915. The van der Waals surface area contributed by atoms with Crippen LogP contribution < -0.4 is 0 Å². The van der Waals surface area contributed by atoms with Crippen LogP contribution in [0, 0.1) is 13.8 Å². The van der Waals surface area contributed by atoms with Gasteiger partial charge in [-0.05, 0) is 56.5 Å². The Morgan fingerprint density at radius 2 is 1.96 bits per heavy atom. The van der Waals surface area contributed by atoms with Gasteiger partial charge in [0.05, 0.1) is 18.0 Å². The minimum atomic E-state index is -0.340. The summed E-state index contributed by atoms with van der Waals surface area (Å²) in [5, 5.41) is 4.57. The van der Waals surface area contributed by atoms with Crippen molar-refractivity contribution in [2.75, 3.05) is 6.61 Å². The van der Waals surface area contributed by atoms with Crippen molar-refractivity contribution in [2.24, 2.45) is 0 Å². The lowest BCUT2D eigenvalue weighted by Gasteiger charge is -2.04. The summed E-state index contributed by atoms with van der Waals surface area (Å²) in [6, 6.07) is 13.9. The van der Waals surface area contributed by atoms with Crippen molar-refractivity contribution >= 4 is 12.0 Å². The Kier molecular flexibility index (Phi) is 6.15. The molecule has 0 radical (unpaired) electrons. The topological polar surface area (TPSA) is 57.0 Å². The monoisotopic (exact) mass is 361 g/mol. The quantitative estimate of drug-likeness (QED) is 0.362. The smallest absolute Gasteiger partial charge is 0.330 e. The number of aryl methyl sites for hydroxylation is 2. The average Bonchev–Trinajstić information content (AvgIpc) is 2.99. The predicted molar refractivity (Wildman–Crippen MR) is 106 cm³/mol. The van der Waals surface area contributed by atoms with Gasteiger partial charge in [-0.1, -0.05) is 24.3 Å². The van der Waals surface area contributed by atoms with Crippen LogP contribution in [0.15, 0.2) is 60.9 Å². The standard InChI is InChI=1S/C22H23N3O2/c1-17-21(18(2)25(24-17)20-10-4-3-5-11-20)12-13-22(26)27-15-7-9-19-8-6-14-23-16-19/h3-6,8,10-14,16H,7,9,15H2,1-2H3/b13-12+. The second-order valence-corrected chi connectivity index (χ2v) is 6.30. The zero-order valence-corrected chi connectivity index (χ0v) is 15.6. The fraction of sp³-hybridized carbons (Fsp3) is 0.227. The van der Waals surface area contributed by atoms with E-state index >= 15 is 0 Å². The van der Waals surface area contributed by atoms with Crippen LogP contribution in [0.5, 0.6) is 0 Å². The van der Waals surface area contributed by atoms with E-state index in [2.05, 4.69) is 10.1 Å². The SMILES string of the molecule is Cc1nn(-c2ccccc2)c(C)c1/C=C/C(=O)OCCCc1cccnc1. The van der Waals surface area contributed by atoms with Crippen molar-refractivity contribution in [3.05, 3.63) is 83.4 Å². The number of rotatable bonds is 7. The number of pyridine rings is 1. The van der Waals surface area contributed by atoms with Crippen molar-refractivity contribution in [3.63, 3.8) is 0 Å². The van der Waals surface area contributed by atoms with E-state index in [1.807, 2.05) is 67.2 Å². The molecule has 27 heavy (non-hydrogen) atoms. The highest BCUT2D eigenvalue weighted by Crippen LogP contribution is 2.19. The lowest BCUT2D eigenvalue weighted by molar-refractivity contribution is -0.137. The van der Waals surface area contributed by atoms with E-state index in [-0.39, 0.29) is 5.97 Å². The van der Waals surface area contributed by atoms with E-state index in [9.17, 15) is 4.79 Å². The molecule has 3 aromatic rings. The zero-order valence-electron chi connectivity index (χ0n) is 15.6. The number of ether oxygens (including phenoxy) is 1. The fourth-order valence-electron chi connectivity index (χ4n) is 2.91. The highest BCUT2D eigenvalue weighted by molar-refractivity contribution is 5.87. The molecule has 0 aliphatic rings. The molecule has 0 aliphatic heterocycles. The number of carbonyl (C=O) groups excluding carboxylic acids is 1. The molecule has 5 nitrogen and oxygen atoms in total. The van der Waals surface area contributed by atoms with Crippen LogP contribution in [0.2, 0.25) is 0 Å². The number of hydrogen-bond acceptors (Lipinski definition) is 4. The van der Waals surface area contributed by atoms with Gasteiger partial charge in [0.25, 0.3) is 0 Å². The lowest BCUT2D eigenvalue weighted by atomic mass is 10.2. The van der Waals surface area contributed by atoms with Gasteiger partial charge in [-0.25, -0.2) is 9.48 Å². The van der Waals surface area contributed by atoms with Gasteiger partial charge in [-0.15, -0.1) is 0 Å². The second kappa shape index (κ2) is 8.94. The van der Waals surface area contributed by atoms with E-state index in [4.69, 9.17) is 4.74 Å². The minimum Gasteiger partial charge on any atom is -0.463 e. The van der Waals surface area contributed by atoms with Crippen LogP contribution in [-0.2, 0) is 16.0 Å². The Morgan fingerprint density at radius 3 is 2.70 bits per heavy atom. The normalized spacial score (nSPS) is 11.0. The molecular weight excluding hydrogens is 338 g/mol. The maximum absolute atomic E-state index is 12.0. The maximum Gasteiger partial charge on any atom is 0.330 e. The van der Waals surface area contributed by atoms with Gasteiger partial charge in [-0.2, -0.15) is 5.10 Å². The van der Waals surface area contributed by atoms with Gasteiger partial charge in [-0.3, -0.25) is 4.98 Å². The van der Waals surface area contributed by atoms with Crippen LogP contribution in [0.4, 0.5) is 0 Å². The second-order valence-electron chi connectivity index (χ2n) is 6.30. The summed E-state index contributed by atoms with van der Waals surface area (Å²) in [6.45, 7) is 4.32. The number of nitrogens with zero attached hydrogens (tertiary/aromatic N) is 3. The molecule has 0 spiro atoms. The molecule has 2 aromatic heterocycles. The summed E-state index contributed by atoms with van der Waals surface area (Å²) in [5.74, 6) is -0.340. The summed E-state index contributed by atoms with van der Waals surface area (Å²) in [7, 11) is 0. The van der Waals surface area contributed by atoms with Gasteiger partial charge in [0.1, 0.15) is 0 Å². The van der Waals surface area contributed by atoms with Crippen molar-refractivity contribution in [1.29, 1.82) is 0 Å². The molecule has 5 heteroatoms. The van der Waals surface area contributed by atoms with Crippen molar-refractivity contribution < 1.29 is 9.53 Å². The summed E-state index contributed by atoms with van der Waals surface area (Å²) >= 11 is 0. The number of esters is 1. The third kappa shape index (κ3) is 4.91. The van der Waals surface area contributed by atoms with E-state index < -0.39 is 0 Å². The first-order valence-electron chi connectivity index (χ1n) is 9.00. The van der Waals surface area contributed by atoms with Gasteiger partial charge < -0.3 is 4.74 Å². The van der Waals surface area contributed by atoms with E-state index in [1.165, 1.54) is 6.08 Å². The first-order valence-corrected chi connectivity index (χ1v) is 9.00. The van der Waals surface area contributed by atoms with Crippen molar-refractivity contribution in [1.82, 2.24) is 14.8 Å². The molecule has 2 heterocycles. The van der Waals surface area contributed by atoms with E-state index in [1.54, 1.807) is 12.3 Å². The number of carbonyl (C=O) groups is 1. The molecule has 0 amide bonds. The molecule has 0 saturated heterocycles. The third-order valence-electron chi connectivity index (χ3n) is 4.31. The number of benzene rings is 1. The summed E-state index contributed by atoms with van der Waals surface area (Å²) in [6.07, 6.45) is 8.44. The summed E-state index contributed by atoms with van der Waals surface area (Å²) in [5.41, 5.74) is 4.93. The van der Waals surface area contributed by atoms with Crippen LogP contribution >= 0.6 is 0 Å². The molecule has 3 rings (SSSR count). The largest absolute Gasteiger partial charge is 0.463 e. The van der Waals surface area contributed by atoms with Gasteiger partial charge in [0.2, 0.25) is 0 Å². The van der Waals surface area contributed by atoms with Gasteiger partial charge in [0, 0.05) is 29.7 Å². The molecule has 0 N–H and O–H groups in total. The van der Waals surface area contributed by atoms with Crippen LogP contribution in [0.1, 0.15) is 28.9 Å². The van der Waals surface area contributed by atoms with Crippen LogP contribution in [0.3, 0.4) is 0 Å². The van der Waals surface area contributed by atoms with Crippen LogP contribution in [-0.4, -0.2) is 27.3 Å². The highest BCUT2D eigenvalue weighted by atomic mass is 16.5. The Hall–Kier alpha value is -3.21. The lowest BCUT2D eigenvalue weighted by Crippen LogP contribution is -2.03. The molecule has 0 aliphatic carbocycles. The number of hydrogen-bond donors (Lipinski definition) is 0. The summed E-state index contributed by atoms with van der Waals surface area (Å²) in [4.78, 5) is 16.1. The first kappa shape index (κ1) is 18.6. The number of para-hydroxylation sites is 1. The number of aromatic nitrogens is 3.